The van der Waals surface area contributed by atoms with Gasteiger partial charge in [-0.3, -0.25) is 19.2 Å². The summed E-state index contributed by atoms with van der Waals surface area (Å²) in [4.78, 5) is 51.7. The number of amides is 2. The third-order valence-corrected chi connectivity index (χ3v) is 6.26. The molecule has 2 amide bonds. The Bertz CT molecular complexity index is 608. The van der Waals surface area contributed by atoms with E-state index >= 15 is 0 Å². The fourth-order valence-corrected chi connectivity index (χ4v) is 3.59. The predicted octanol–water partition coefficient (Wildman–Crippen LogP) is 2.98. The molecule has 1 fully saturated rings. The van der Waals surface area contributed by atoms with Crippen LogP contribution in [-0.4, -0.2) is 46.9 Å². The lowest BCUT2D eigenvalue weighted by Gasteiger charge is -2.34. The van der Waals surface area contributed by atoms with Gasteiger partial charge >= 0.3 is 0 Å². The summed E-state index contributed by atoms with van der Waals surface area (Å²) in [5, 5.41) is 2.79. The highest BCUT2D eigenvalue weighted by molar-refractivity contribution is 6.38. The molecule has 6 nitrogen and oxygen atoms in total. The van der Waals surface area contributed by atoms with E-state index in [0.29, 0.717) is 13.0 Å². The molecule has 0 bridgehead atoms. The summed E-state index contributed by atoms with van der Waals surface area (Å²) < 4.78 is 0. The standard InChI is InChI=1S/C22H38N2O4/c1-9-10-11-17(19(26)16(5)25)23-20(27)18-14(3)13(2)12-24(18)21(28)15(4)22(6,7)8/h13-15,17-18H,9-12H2,1-8H3,(H,23,27)/t13-,14-,15+,17+,18-/m0/s1. The maximum absolute atomic E-state index is 13.1. The molecule has 1 rings (SSSR count). The number of nitrogens with one attached hydrogen (secondary N) is 1. The summed E-state index contributed by atoms with van der Waals surface area (Å²) in [5.74, 6) is -1.55. The molecule has 0 radical (unpaired) electrons. The molecule has 1 saturated heterocycles. The first-order valence-corrected chi connectivity index (χ1v) is 10.5. The van der Waals surface area contributed by atoms with E-state index < -0.39 is 23.7 Å². The van der Waals surface area contributed by atoms with Crippen LogP contribution in [0.1, 0.15) is 74.7 Å². The minimum Gasteiger partial charge on any atom is -0.344 e. The van der Waals surface area contributed by atoms with Crippen LogP contribution in [0.2, 0.25) is 0 Å². The third-order valence-electron chi connectivity index (χ3n) is 6.26. The molecular weight excluding hydrogens is 356 g/mol. The first kappa shape index (κ1) is 24.3. The van der Waals surface area contributed by atoms with Gasteiger partial charge in [-0.05, 0) is 23.7 Å². The number of likely N-dealkylation sites (tertiary alicyclic amines) is 1. The van der Waals surface area contributed by atoms with Crippen molar-refractivity contribution in [1.82, 2.24) is 10.2 Å². The van der Waals surface area contributed by atoms with E-state index in [2.05, 4.69) is 5.32 Å². The molecule has 0 unspecified atom stereocenters. The van der Waals surface area contributed by atoms with Gasteiger partial charge in [0.2, 0.25) is 17.6 Å². The van der Waals surface area contributed by atoms with Crippen molar-refractivity contribution in [2.75, 3.05) is 6.54 Å². The Morgan fingerprint density at radius 1 is 1.14 bits per heavy atom. The molecule has 0 aromatic rings. The largest absolute Gasteiger partial charge is 0.344 e. The number of unbranched alkanes of at least 4 members (excludes halogenated alkanes) is 1. The molecule has 0 spiro atoms. The summed E-state index contributed by atoms with van der Waals surface area (Å²) in [6.45, 7) is 15.7. The lowest BCUT2D eigenvalue weighted by molar-refractivity contribution is -0.145. The third kappa shape index (κ3) is 5.65. The van der Waals surface area contributed by atoms with E-state index in [0.717, 1.165) is 12.8 Å². The Hall–Kier alpha value is -1.72. The van der Waals surface area contributed by atoms with E-state index in [1.54, 1.807) is 4.90 Å². The zero-order chi connectivity index (χ0) is 21.8. The number of ketones is 2. The van der Waals surface area contributed by atoms with Gasteiger partial charge in [0.1, 0.15) is 6.04 Å². The molecular formula is C22H38N2O4. The molecule has 0 saturated carbocycles. The molecule has 5 atom stereocenters. The SMILES string of the molecule is CCCC[C@@H](NC(=O)[C@@H]1[C@@H](C)[C@@H](C)CN1C(=O)[C@@H](C)C(C)(C)C)C(=O)C(C)=O. The number of hydrogen-bond donors (Lipinski definition) is 1. The maximum atomic E-state index is 13.1. The quantitative estimate of drug-likeness (QED) is 0.642. The van der Waals surface area contributed by atoms with E-state index in [4.69, 9.17) is 0 Å². The van der Waals surface area contributed by atoms with E-state index in [1.807, 2.05) is 48.5 Å². The van der Waals surface area contributed by atoms with Crippen molar-refractivity contribution < 1.29 is 19.2 Å². The molecule has 0 aliphatic carbocycles. The van der Waals surface area contributed by atoms with Gasteiger partial charge in [-0.1, -0.05) is 61.3 Å². The van der Waals surface area contributed by atoms with Crippen LogP contribution >= 0.6 is 0 Å². The number of carbonyl (C=O) groups excluding carboxylic acids is 4. The summed E-state index contributed by atoms with van der Waals surface area (Å²) >= 11 is 0. The summed E-state index contributed by atoms with van der Waals surface area (Å²) in [5.41, 5.74) is -0.207. The lowest BCUT2D eigenvalue weighted by Crippen LogP contribution is -2.54. The van der Waals surface area contributed by atoms with Gasteiger partial charge < -0.3 is 10.2 Å². The molecule has 1 aliphatic heterocycles. The number of Topliss-reactive ketones (excluding diaryl/α,β-unsaturated/α-hetero) is 2. The van der Waals surface area contributed by atoms with Crippen molar-refractivity contribution in [3.8, 4) is 0 Å². The van der Waals surface area contributed by atoms with Crippen LogP contribution < -0.4 is 5.32 Å². The molecule has 1 heterocycles. The first-order valence-electron chi connectivity index (χ1n) is 10.5. The van der Waals surface area contributed by atoms with Crippen LogP contribution in [0, 0.1) is 23.2 Å². The van der Waals surface area contributed by atoms with Crippen molar-refractivity contribution in [2.45, 2.75) is 86.7 Å². The number of carbonyl (C=O) groups is 4. The highest BCUT2D eigenvalue weighted by atomic mass is 16.2. The molecule has 6 heteroatoms. The number of rotatable bonds is 8. The van der Waals surface area contributed by atoms with Crippen molar-refractivity contribution in [3.63, 3.8) is 0 Å². The fraction of sp³-hybridized carbons (Fsp3) is 0.818. The predicted molar refractivity (Wildman–Crippen MR) is 110 cm³/mol. The summed E-state index contributed by atoms with van der Waals surface area (Å²) in [7, 11) is 0. The number of hydrogen-bond acceptors (Lipinski definition) is 4. The van der Waals surface area contributed by atoms with Crippen LogP contribution in [0.3, 0.4) is 0 Å². The highest BCUT2D eigenvalue weighted by Gasteiger charge is 2.46. The van der Waals surface area contributed by atoms with Gasteiger partial charge in [-0.2, -0.15) is 0 Å². The van der Waals surface area contributed by atoms with Gasteiger partial charge in [0.15, 0.2) is 5.78 Å². The van der Waals surface area contributed by atoms with E-state index in [1.165, 1.54) is 6.92 Å². The molecule has 0 aromatic heterocycles. The van der Waals surface area contributed by atoms with E-state index in [9.17, 15) is 19.2 Å². The summed E-state index contributed by atoms with van der Waals surface area (Å²) in [6, 6.07) is -1.43. The molecule has 28 heavy (non-hydrogen) atoms. The Kier molecular flexibility index (Phi) is 8.39. The highest BCUT2D eigenvalue weighted by Crippen LogP contribution is 2.34. The van der Waals surface area contributed by atoms with Gasteiger partial charge in [0.05, 0.1) is 6.04 Å². The number of nitrogens with zero attached hydrogens (tertiary/aromatic N) is 1. The van der Waals surface area contributed by atoms with Crippen LogP contribution in [0.5, 0.6) is 0 Å². The smallest absolute Gasteiger partial charge is 0.243 e. The molecule has 0 aromatic carbocycles. The van der Waals surface area contributed by atoms with Crippen LogP contribution in [0.25, 0.3) is 0 Å². The fourth-order valence-electron chi connectivity index (χ4n) is 3.59. The van der Waals surface area contributed by atoms with Gasteiger partial charge in [0, 0.05) is 19.4 Å². The topological polar surface area (TPSA) is 83.6 Å². The minimum absolute atomic E-state index is 0.0182. The van der Waals surface area contributed by atoms with Gasteiger partial charge in [-0.25, -0.2) is 0 Å². The van der Waals surface area contributed by atoms with Gasteiger partial charge in [-0.15, -0.1) is 0 Å². The Morgan fingerprint density at radius 2 is 1.71 bits per heavy atom. The van der Waals surface area contributed by atoms with Crippen molar-refractivity contribution in [1.29, 1.82) is 0 Å². The van der Waals surface area contributed by atoms with E-state index in [-0.39, 0.29) is 35.0 Å². The van der Waals surface area contributed by atoms with Crippen molar-refractivity contribution >= 4 is 23.4 Å². The Labute approximate surface area is 169 Å². The minimum atomic E-state index is -0.815. The lowest BCUT2D eigenvalue weighted by atomic mass is 9.81. The zero-order valence-corrected chi connectivity index (χ0v) is 18.8. The zero-order valence-electron chi connectivity index (χ0n) is 18.8. The van der Waals surface area contributed by atoms with Crippen molar-refractivity contribution in [2.24, 2.45) is 23.2 Å². The second-order valence-corrected chi connectivity index (χ2v) is 9.48. The summed E-state index contributed by atoms with van der Waals surface area (Å²) in [6.07, 6.45) is 2.04. The monoisotopic (exact) mass is 394 g/mol. The van der Waals surface area contributed by atoms with Crippen molar-refractivity contribution in [3.05, 3.63) is 0 Å². The van der Waals surface area contributed by atoms with Crippen LogP contribution in [-0.2, 0) is 19.2 Å². The Balaban J connectivity index is 3.07. The van der Waals surface area contributed by atoms with Gasteiger partial charge in [0.25, 0.3) is 0 Å². The normalized spacial score (nSPS) is 24.6. The molecule has 1 aliphatic rings. The Morgan fingerprint density at radius 3 is 2.18 bits per heavy atom. The van der Waals surface area contributed by atoms with Crippen LogP contribution in [0.15, 0.2) is 0 Å². The maximum Gasteiger partial charge on any atom is 0.243 e. The second-order valence-electron chi connectivity index (χ2n) is 9.48. The molecule has 160 valence electrons. The average molecular weight is 395 g/mol. The van der Waals surface area contributed by atoms with Crippen LogP contribution in [0.4, 0.5) is 0 Å². The molecule has 1 N–H and O–H groups in total. The first-order chi connectivity index (χ1) is 12.8. The average Bonchev–Trinajstić information content (AvgIpc) is 2.90. The second kappa shape index (κ2) is 9.66.